The minimum absolute atomic E-state index is 0. The van der Waals surface area contributed by atoms with Gasteiger partial charge in [0.15, 0.2) is 5.78 Å². The fraction of sp³-hybridized carbons (Fsp3) is 0.235. The Kier molecular flexibility index (Phi) is 6.43. The molecule has 0 bridgehead atoms. The van der Waals surface area contributed by atoms with Crippen LogP contribution in [0, 0.1) is 0 Å². The molecule has 106 valence electrons. The van der Waals surface area contributed by atoms with Gasteiger partial charge in [-0.05, 0) is 19.4 Å². The zero-order valence-electron chi connectivity index (χ0n) is 11.7. The van der Waals surface area contributed by atoms with Crippen LogP contribution >= 0.6 is 12.4 Å². The van der Waals surface area contributed by atoms with E-state index in [4.69, 9.17) is 0 Å². The molecule has 0 saturated heterocycles. The van der Waals surface area contributed by atoms with Crippen molar-refractivity contribution in [2.45, 2.75) is 25.9 Å². The molecule has 3 heteroatoms. The van der Waals surface area contributed by atoms with Gasteiger partial charge in [-0.3, -0.25) is 4.79 Å². The van der Waals surface area contributed by atoms with Crippen LogP contribution in [0.5, 0.6) is 0 Å². The average molecular weight is 290 g/mol. The van der Waals surface area contributed by atoms with Crippen LogP contribution in [0.15, 0.2) is 60.7 Å². The summed E-state index contributed by atoms with van der Waals surface area (Å²) in [6, 6.07) is 19.5. The molecule has 1 N–H and O–H groups in total. The molecule has 2 nitrogen and oxygen atoms in total. The Morgan fingerprint density at radius 3 is 1.95 bits per heavy atom. The average Bonchev–Trinajstić information content (AvgIpc) is 2.48. The Morgan fingerprint density at radius 1 is 0.900 bits per heavy atom. The van der Waals surface area contributed by atoms with E-state index in [0.29, 0.717) is 0 Å². The highest BCUT2D eigenvalue weighted by atomic mass is 35.5. The first kappa shape index (κ1) is 16.4. The van der Waals surface area contributed by atoms with E-state index in [0.717, 1.165) is 5.56 Å². The van der Waals surface area contributed by atoms with Crippen LogP contribution in [0.1, 0.15) is 35.8 Å². The topological polar surface area (TPSA) is 29.1 Å². The van der Waals surface area contributed by atoms with Crippen LogP contribution in [-0.4, -0.2) is 11.8 Å². The van der Waals surface area contributed by atoms with Gasteiger partial charge >= 0.3 is 0 Å². The largest absolute Gasteiger partial charge is 0.301 e. The number of carbonyl (C=O) groups is 1. The molecule has 0 heterocycles. The molecule has 2 atom stereocenters. The van der Waals surface area contributed by atoms with Crippen molar-refractivity contribution < 1.29 is 4.79 Å². The monoisotopic (exact) mass is 289 g/mol. The number of benzene rings is 2. The number of rotatable bonds is 5. The highest BCUT2D eigenvalue weighted by Crippen LogP contribution is 2.13. The smallest absolute Gasteiger partial charge is 0.179 e. The third-order valence-corrected chi connectivity index (χ3v) is 3.25. The fourth-order valence-corrected chi connectivity index (χ4v) is 2.14. The predicted molar refractivity (Wildman–Crippen MR) is 85.5 cm³/mol. The molecule has 0 aliphatic carbocycles. The minimum atomic E-state index is -0.197. The molecular weight excluding hydrogens is 270 g/mol. The lowest BCUT2D eigenvalue weighted by atomic mass is 10.0. The van der Waals surface area contributed by atoms with Crippen molar-refractivity contribution in [3.8, 4) is 0 Å². The summed E-state index contributed by atoms with van der Waals surface area (Å²) in [5.41, 5.74) is 1.94. The number of Topliss-reactive ketones (excluding diaryl/α,β-unsaturated/α-hetero) is 1. The van der Waals surface area contributed by atoms with E-state index in [-0.39, 0.29) is 30.3 Å². The first-order valence-corrected chi connectivity index (χ1v) is 6.58. The standard InChI is InChI=1S/C17H19NO.ClH/c1-13(15-9-5-3-6-10-15)18-14(2)17(19)16-11-7-4-8-12-16;/h3-14,18H,1-2H3;1H/t13-,14-;/m1./s1. The van der Waals surface area contributed by atoms with Gasteiger partial charge in [0.1, 0.15) is 0 Å². The number of hydrogen-bond acceptors (Lipinski definition) is 2. The van der Waals surface area contributed by atoms with Crippen LogP contribution in [0.3, 0.4) is 0 Å². The Balaban J connectivity index is 0.00000200. The second-order valence-electron chi connectivity index (χ2n) is 4.75. The molecule has 0 fully saturated rings. The molecule has 0 aromatic heterocycles. The summed E-state index contributed by atoms with van der Waals surface area (Å²) >= 11 is 0. The Bertz CT molecular complexity index is 527. The summed E-state index contributed by atoms with van der Waals surface area (Å²) < 4.78 is 0. The number of hydrogen-bond donors (Lipinski definition) is 1. The van der Waals surface area contributed by atoms with E-state index in [1.807, 2.05) is 55.5 Å². The minimum Gasteiger partial charge on any atom is -0.301 e. The fourth-order valence-electron chi connectivity index (χ4n) is 2.14. The van der Waals surface area contributed by atoms with Crippen molar-refractivity contribution in [2.75, 3.05) is 0 Å². The third-order valence-electron chi connectivity index (χ3n) is 3.25. The van der Waals surface area contributed by atoms with Crippen molar-refractivity contribution >= 4 is 18.2 Å². The van der Waals surface area contributed by atoms with E-state index in [1.165, 1.54) is 5.56 Å². The lowest BCUT2D eigenvalue weighted by Crippen LogP contribution is -2.35. The lowest BCUT2D eigenvalue weighted by molar-refractivity contribution is 0.0945. The van der Waals surface area contributed by atoms with Crippen LogP contribution in [0.25, 0.3) is 0 Å². The molecule has 0 radical (unpaired) electrons. The summed E-state index contributed by atoms with van der Waals surface area (Å²) in [5, 5.41) is 3.34. The molecule has 0 unspecified atom stereocenters. The molecule has 0 saturated carbocycles. The van der Waals surface area contributed by atoms with Crippen molar-refractivity contribution in [1.29, 1.82) is 0 Å². The summed E-state index contributed by atoms with van der Waals surface area (Å²) in [6.07, 6.45) is 0. The van der Waals surface area contributed by atoms with Gasteiger partial charge in [-0.2, -0.15) is 0 Å². The number of nitrogens with one attached hydrogen (secondary N) is 1. The maximum atomic E-state index is 12.2. The zero-order valence-corrected chi connectivity index (χ0v) is 12.6. The van der Waals surface area contributed by atoms with E-state index >= 15 is 0 Å². The number of halogens is 1. The van der Waals surface area contributed by atoms with Gasteiger partial charge in [-0.15, -0.1) is 12.4 Å². The van der Waals surface area contributed by atoms with Gasteiger partial charge in [0, 0.05) is 11.6 Å². The van der Waals surface area contributed by atoms with E-state index in [2.05, 4.69) is 24.4 Å². The molecule has 2 aromatic carbocycles. The highest BCUT2D eigenvalue weighted by molar-refractivity contribution is 5.99. The Labute approximate surface area is 126 Å². The quantitative estimate of drug-likeness (QED) is 0.842. The van der Waals surface area contributed by atoms with Crippen LogP contribution in [0.4, 0.5) is 0 Å². The molecular formula is C17H20ClNO. The van der Waals surface area contributed by atoms with Gasteiger partial charge in [-0.25, -0.2) is 0 Å². The van der Waals surface area contributed by atoms with E-state index in [9.17, 15) is 4.79 Å². The van der Waals surface area contributed by atoms with Crippen LogP contribution in [-0.2, 0) is 0 Å². The van der Waals surface area contributed by atoms with Crippen molar-refractivity contribution in [3.05, 3.63) is 71.8 Å². The lowest BCUT2D eigenvalue weighted by Gasteiger charge is -2.19. The first-order chi connectivity index (χ1) is 9.18. The summed E-state index contributed by atoms with van der Waals surface area (Å²) in [4.78, 5) is 12.2. The van der Waals surface area contributed by atoms with E-state index in [1.54, 1.807) is 0 Å². The highest BCUT2D eigenvalue weighted by Gasteiger charge is 2.17. The van der Waals surface area contributed by atoms with Gasteiger partial charge in [0.25, 0.3) is 0 Å². The molecule has 0 spiro atoms. The number of carbonyl (C=O) groups excluding carboxylic acids is 1. The van der Waals surface area contributed by atoms with Gasteiger partial charge < -0.3 is 5.32 Å². The number of ketones is 1. The summed E-state index contributed by atoms with van der Waals surface area (Å²) in [7, 11) is 0. The Hall–Kier alpha value is -1.64. The second kappa shape index (κ2) is 7.83. The van der Waals surface area contributed by atoms with E-state index < -0.39 is 0 Å². The molecule has 20 heavy (non-hydrogen) atoms. The first-order valence-electron chi connectivity index (χ1n) is 6.58. The van der Waals surface area contributed by atoms with Crippen molar-refractivity contribution in [2.24, 2.45) is 0 Å². The van der Waals surface area contributed by atoms with Crippen molar-refractivity contribution in [3.63, 3.8) is 0 Å². The normalized spacial score (nSPS) is 13.1. The molecule has 0 amide bonds. The predicted octanol–water partition coefficient (Wildman–Crippen LogP) is 4.03. The van der Waals surface area contributed by atoms with Crippen LogP contribution in [0.2, 0.25) is 0 Å². The summed E-state index contributed by atoms with van der Waals surface area (Å²) in [6.45, 7) is 3.98. The maximum absolute atomic E-state index is 12.2. The molecule has 0 aliphatic heterocycles. The summed E-state index contributed by atoms with van der Waals surface area (Å²) in [5.74, 6) is 0.128. The third kappa shape index (κ3) is 4.19. The zero-order chi connectivity index (χ0) is 13.7. The Morgan fingerprint density at radius 2 is 1.40 bits per heavy atom. The van der Waals surface area contributed by atoms with Crippen molar-refractivity contribution in [1.82, 2.24) is 5.32 Å². The van der Waals surface area contributed by atoms with Crippen LogP contribution < -0.4 is 5.32 Å². The van der Waals surface area contributed by atoms with Gasteiger partial charge in [-0.1, -0.05) is 60.7 Å². The maximum Gasteiger partial charge on any atom is 0.179 e. The molecule has 2 aromatic rings. The SMILES string of the molecule is C[C@@H](N[C@H](C)c1ccccc1)C(=O)c1ccccc1.Cl. The molecule has 0 aliphatic rings. The van der Waals surface area contributed by atoms with Gasteiger partial charge in [0.05, 0.1) is 6.04 Å². The second-order valence-corrected chi connectivity index (χ2v) is 4.75. The molecule has 2 rings (SSSR count). The van der Waals surface area contributed by atoms with Gasteiger partial charge in [0.2, 0.25) is 0 Å².